The number of carbonyl (C=O) groups is 2. The van der Waals surface area contributed by atoms with Crippen LogP contribution in [0.15, 0.2) is 22.8 Å². The number of pyridine rings is 1. The molecule has 2 rings (SSSR count). The Kier molecular flexibility index (Phi) is 5.33. The number of carboxylic acid groups (broad SMARTS) is 1. The van der Waals surface area contributed by atoms with Crippen molar-refractivity contribution in [3.8, 4) is 0 Å². The van der Waals surface area contributed by atoms with Crippen molar-refractivity contribution < 1.29 is 14.7 Å². The molecule has 114 valence electrons. The van der Waals surface area contributed by atoms with E-state index in [1.54, 1.807) is 23.2 Å². The third-order valence-electron chi connectivity index (χ3n) is 3.99. The van der Waals surface area contributed by atoms with Gasteiger partial charge in [0.2, 0.25) is 0 Å². The Labute approximate surface area is 132 Å². The lowest BCUT2D eigenvalue weighted by Gasteiger charge is -2.35. The Hall–Kier alpha value is -1.43. The number of nitrogens with zero attached hydrogens (tertiary/aromatic N) is 2. The van der Waals surface area contributed by atoms with Gasteiger partial charge in [0.1, 0.15) is 5.69 Å². The molecule has 1 aromatic rings. The number of aliphatic carboxylic acids is 1. The lowest BCUT2D eigenvalue weighted by atomic mass is 9.84. The van der Waals surface area contributed by atoms with Gasteiger partial charge in [0.25, 0.3) is 5.91 Å². The average molecular weight is 355 g/mol. The van der Waals surface area contributed by atoms with Gasteiger partial charge in [0, 0.05) is 30.2 Å². The van der Waals surface area contributed by atoms with Gasteiger partial charge < -0.3 is 10.0 Å². The van der Waals surface area contributed by atoms with Crippen LogP contribution in [0.2, 0.25) is 0 Å². The van der Waals surface area contributed by atoms with Crippen LogP contribution in [-0.4, -0.2) is 40.0 Å². The Morgan fingerprint density at radius 1 is 1.52 bits per heavy atom. The number of hydrogen-bond donors (Lipinski definition) is 1. The molecule has 0 radical (unpaired) electrons. The maximum absolute atomic E-state index is 12.4. The quantitative estimate of drug-likeness (QED) is 0.902. The van der Waals surface area contributed by atoms with E-state index < -0.39 is 5.97 Å². The van der Waals surface area contributed by atoms with E-state index in [1.165, 1.54) is 0 Å². The molecular weight excluding hydrogens is 336 g/mol. The van der Waals surface area contributed by atoms with Gasteiger partial charge in [-0.25, -0.2) is 4.98 Å². The maximum Gasteiger partial charge on any atom is 0.303 e. The molecule has 1 saturated heterocycles. The Bertz CT molecular complexity index is 518. The van der Waals surface area contributed by atoms with Crippen LogP contribution < -0.4 is 0 Å². The molecule has 1 aromatic heterocycles. The molecule has 21 heavy (non-hydrogen) atoms. The highest BCUT2D eigenvalue weighted by molar-refractivity contribution is 9.10. The van der Waals surface area contributed by atoms with Crippen molar-refractivity contribution in [2.75, 3.05) is 13.1 Å². The number of halogens is 1. The molecule has 0 aromatic carbocycles. The van der Waals surface area contributed by atoms with Crippen LogP contribution in [0.5, 0.6) is 0 Å². The first-order valence-corrected chi connectivity index (χ1v) is 7.89. The number of likely N-dealkylation sites (tertiary alicyclic amines) is 1. The van der Waals surface area contributed by atoms with Crippen molar-refractivity contribution in [1.29, 1.82) is 0 Å². The standard InChI is InChI=1S/C15H19BrN2O3/c1-10(7-14(19)20)11-3-2-6-18(9-11)15(21)13-5-4-12(16)8-17-13/h4-5,8,10-11H,2-3,6-7,9H2,1H3,(H,19,20). The van der Waals surface area contributed by atoms with E-state index in [0.717, 1.165) is 17.3 Å². The van der Waals surface area contributed by atoms with E-state index in [1.807, 2.05) is 6.92 Å². The predicted molar refractivity (Wildman–Crippen MR) is 82.0 cm³/mol. The molecule has 2 atom stereocenters. The average Bonchev–Trinajstić information content (AvgIpc) is 2.47. The zero-order valence-electron chi connectivity index (χ0n) is 12.0. The summed E-state index contributed by atoms with van der Waals surface area (Å²) in [6.45, 7) is 3.28. The molecular formula is C15H19BrN2O3. The van der Waals surface area contributed by atoms with Crippen LogP contribution in [0.3, 0.4) is 0 Å². The number of piperidine rings is 1. The highest BCUT2D eigenvalue weighted by Crippen LogP contribution is 2.26. The number of carbonyl (C=O) groups excluding carboxylic acids is 1. The van der Waals surface area contributed by atoms with Crippen LogP contribution in [-0.2, 0) is 4.79 Å². The molecule has 1 N–H and O–H groups in total. The summed E-state index contributed by atoms with van der Waals surface area (Å²) in [4.78, 5) is 29.2. The minimum absolute atomic E-state index is 0.0743. The van der Waals surface area contributed by atoms with Crippen molar-refractivity contribution in [3.05, 3.63) is 28.5 Å². The van der Waals surface area contributed by atoms with Crippen LogP contribution in [0.25, 0.3) is 0 Å². The molecule has 5 nitrogen and oxygen atoms in total. The van der Waals surface area contributed by atoms with Gasteiger partial charge in [-0.05, 0) is 52.7 Å². The van der Waals surface area contributed by atoms with Crippen LogP contribution in [0.4, 0.5) is 0 Å². The van der Waals surface area contributed by atoms with Crippen molar-refractivity contribution in [2.24, 2.45) is 11.8 Å². The topological polar surface area (TPSA) is 70.5 Å². The minimum atomic E-state index is -0.777. The van der Waals surface area contributed by atoms with Crippen molar-refractivity contribution in [2.45, 2.75) is 26.2 Å². The Morgan fingerprint density at radius 3 is 2.90 bits per heavy atom. The number of hydrogen-bond acceptors (Lipinski definition) is 3. The van der Waals surface area contributed by atoms with Crippen LogP contribution >= 0.6 is 15.9 Å². The normalized spacial score (nSPS) is 20.1. The molecule has 1 amide bonds. The second-order valence-corrected chi connectivity index (χ2v) is 6.51. The van der Waals surface area contributed by atoms with Crippen LogP contribution in [0.1, 0.15) is 36.7 Å². The van der Waals surface area contributed by atoms with Gasteiger partial charge >= 0.3 is 5.97 Å². The zero-order valence-corrected chi connectivity index (χ0v) is 13.5. The molecule has 0 bridgehead atoms. The third kappa shape index (κ3) is 4.27. The fourth-order valence-corrected chi connectivity index (χ4v) is 3.00. The van der Waals surface area contributed by atoms with Crippen LogP contribution in [0, 0.1) is 11.8 Å². The van der Waals surface area contributed by atoms with Gasteiger partial charge in [-0.2, -0.15) is 0 Å². The first kappa shape index (κ1) is 15.9. The van der Waals surface area contributed by atoms with E-state index in [0.29, 0.717) is 18.8 Å². The summed E-state index contributed by atoms with van der Waals surface area (Å²) < 4.78 is 0.839. The van der Waals surface area contributed by atoms with Gasteiger partial charge in [-0.3, -0.25) is 9.59 Å². The lowest BCUT2D eigenvalue weighted by molar-refractivity contribution is -0.138. The number of amides is 1. The molecule has 0 saturated carbocycles. The van der Waals surface area contributed by atoms with Gasteiger partial charge in [0.05, 0.1) is 0 Å². The van der Waals surface area contributed by atoms with E-state index in [2.05, 4.69) is 20.9 Å². The fraction of sp³-hybridized carbons (Fsp3) is 0.533. The third-order valence-corrected chi connectivity index (χ3v) is 4.46. The molecule has 6 heteroatoms. The van der Waals surface area contributed by atoms with E-state index in [4.69, 9.17) is 5.11 Å². The lowest BCUT2D eigenvalue weighted by Crippen LogP contribution is -2.42. The molecule has 1 fully saturated rings. The largest absolute Gasteiger partial charge is 0.481 e. The summed E-state index contributed by atoms with van der Waals surface area (Å²) in [6, 6.07) is 3.51. The Morgan fingerprint density at radius 2 is 2.29 bits per heavy atom. The fourth-order valence-electron chi connectivity index (χ4n) is 2.77. The molecule has 1 aliphatic heterocycles. The van der Waals surface area contributed by atoms with Crippen molar-refractivity contribution >= 4 is 27.8 Å². The number of aromatic nitrogens is 1. The van der Waals surface area contributed by atoms with E-state index in [9.17, 15) is 9.59 Å². The molecule has 2 heterocycles. The smallest absolute Gasteiger partial charge is 0.303 e. The molecule has 1 aliphatic rings. The first-order valence-electron chi connectivity index (χ1n) is 7.10. The summed E-state index contributed by atoms with van der Waals surface area (Å²) in [6.07, 6.45) is 3.66. The summed E-state index contributed by atoms with van der Waals surface area (Å²) in [5.41, 5.74) is 0.435. The SMILES string of the molecule is CC(CC(=O)O)C1CCCN(C(=O)c2ccc(Br)cn2)C1. The van der Waals surface area contributed by atoms with Gasteiger partial charge in [-0.15, -0.1) is 0 Å². The Balaban J connectivity index is 2.01. The predicted octanol–water partition coefficient (Wildman–Crippen LogP) is 2.81. The molecule has 0 spiro atoms. The minimum Gasteiger partial charge on any atom is -0.481 e. The zero-order chi connectivity index (χ0) is 15.4. The first-order chi connectivity index (χ1) is 9.97. The number of carboxylic acids is 1. The number of rotatable bonds is 4. The second kappa shape index (κ2) is 7.02. The monoisotopic (exact) mass is 354 g/mol. The van der Waals surface area contributed by atoms with Gasteiger partial charge in [0.15, 0.2) is 0 Å². The summed E-state index contributed by atoms with van der Waals surface area (Å²) in [7, 11) is 0. The summed E-state index contributed by atoms with van der Waals surface area (Å²) in [5.74, 6) is -0.527. The van der Waals surface area contributed by atoms with E-state index >= 15 is 0 Å². The highest BCUT2D eigenvalue weighted by Gasteiger charge is 2.29. The van der Waals surface area contributed by atoms with Gasteiger partial charge in [-0.1, -0.05) is 6.92 Å². The highest BCUT2D eigenvalue weighted by atomic mass is 79.9. The summed E-state index contributed by atoms with van der Waals surface area (Å²) in [5, 5.41) is 8.90. The van der Waals surface area contributed by atoms with E-state index in [-0.39, 0.29) is 24.2 Å². The molecule has 2 unspecified atom stereocenters. The van der Waals surface area contributed by atoms with Crippen molar-refractivity contribution in [3.63, 3.8) is 0 Å². The molecule has 0 aliphatic carbocycles. The summed E-state index contributed by atoms with van der Waals surface area (Å²) >= 11 is 3.30. The van der Waals surface area contributed by atoms with Crippen molar-refractivity contribution in [1.82, 2.24) is 9.88 Å². The second-order valence-electron chi connectivity index (χ2n) is 5.59. The maximum atomic E-state index is 12.4.